The van der Waals surface area contributed by atoms with Crippen LogP contribution in [-0.4, -0.2) is 16.6 Å². The van der Waals surface area contributed by atoms with E-state index in [9.17, 15) is 4.79 Å². The fraction of sp³-hybridized carbons (Fsp3) is 0.444. The summed E-state index contributed by atoms with van der Waals surface area (Å²) in [6, 6.07) is 3.39. The molecule has 0 aliphatic carbocycles. The van der Waals surface area contributed by atoms with Gasteiger partial charge in [0.25, 0.3) is 5.56 Å². The van der Waals surface area contributed by atoms with Gasteiger partial charge in [0.05, 0.1) is 0 Å². The zero-order chi connectivity index (χ0) is 9.84. The number of rotatable bonds is 3. The van der Waals surface area contributed by atoms with E-state index in [1.54, 1.807) is 28.5 Å². The summed E-state index contributed by atoms with van der Waals surface area (Å²) in [5.41, 5.74) is 1.08. The first-order valence-electron chi connectivity index (χ1n) is 4.01. The summed E-state index contributed by atoms with van der Waals surface area (Å²) in [5, 5.41) is 0. The van der Waals surface area contributed by atoms with E-state index in [1.165, 1.54) is 0 Å². The number of halogens is 1. The summed E-state index contributed by atoms with van der Waals surface area (Å²) in [5.74, 6) is 0.969. The van der Waals surface area contributed by atoms with Gasteiger partial charge in [0, 0.05) is 28.5 Å². The van der Waals surface area contributed by atoms with E-state index < -0.39 is 0 Å². The van der Waals surface area contributed by atoms with Crippen LogP contribution in [0.2, 0.25) is 0 Å². The molecule has 0 N–H and O–H groups in total. The van der Waals surface area contributed by atoms with Crippen LogP contribution in [0.3, 0.4) is 0 Å². The summed E-state index contributed by atoms with van der Waals surface area (Å²) in [6.45, 7) is 2.73. The SMILES string of the molecule is CSCCn1c(C)c(Br)ccc1=O. The second-order valence-electron chi connectivity index (χ2n) is 2.75. The molecule has 4 heteroatoms. The van der Waals surface area contributed by atoms with Crippen LogP contribution in [-0.2, 0) is 6.54 Å². The Morgan fingerprint density at radius 1 is 1.54 bits per heavy atom. The lowest BCUT2D eigenvalue weighted by Gasteiger charge is -2.09. The number of hydrogen-bond donors (Lipinski definition) is 0. The standard InChI is InChI=1S/C9H12BrNOS/c1-7-8(10)3-4-9(12)11(7)5-6-13-2/h3-4H,5-6H2,1-2H3. The van der Waals surface area contributed by atoms with Crippen molar-refractivity contribution < 1.29 is 0 Å². The molecular formula is C9H12BrNOS. The van der Waals surface area contributed by atoms with E-state index in [2.05, 4.69) is 15.9 Å². The van der Waals surface area contributed by atoms with Gasteiger partial charge in [0.2, 0.25) is 0 Å². The summed E-state index contributed by atoms with van der Waals surface area (Å²) < 4.78 is 2.79. The second-order valence-corrected chi connectivity index (χ2v) is 4.59. The highest BCUT2D eigenvalue weighted by Crippen LogP contribution is 2.12. The van der Waals surface area contributed by atoms with Gasteiger partial charge in [-0.25, -0.2) is 0 Å². The summed E-state index contributed by atoms with van der Waals surface area (Å²) >= 11 is 5.15. The summed E-state index contributed by atoms with van der Waals surface area (Å²) in [6.07, 6.45) is 2.04. The van der Waals surface area contributed by atoms with Gasteiger partial charge in [-0.3, -0.25) is 4.79 Å². The van der Waals surface area contributed by atoms with Crippen molar-refractivity contribution in [3.63, 3.8) is 0 Å². The summed E-state index contributed by atoms with van der Waals surface area (Å²) in [4.78, 5) is 11.4. The Hall–Kier alpha value is -0.220. The van der Waals surface area contributed by atoms with Crippen molar-refractivity contribution in [1.82, 2.24) is 4.57 Å². The third-order valence-electron chi connectivity index (χ3n) is 1.91. The third-order valence-corrected chi connectivity index (χ3v) is 3.34. The topological polar surface area (TPSA) is 22.0 Å². The van der Waals surface area contributed by atoms with Crippen LogP contribution in [0.5, 0.6) is 0 Å². The van der Waals surface area contributed by atoms with Gasteiger partial charge in [-0.05, 0) is 35.2 Å². The van der Waals surface area contributed by atoms with Crippen LogP contribution in [0.1, 0.15) is 5.69 Å². The van der Waals surface area contributed by atoms with Gasteiger partial charge < -0.3 is 4.57 Å². The molecule has 1 aromatic heterocycles. The Kier molecular flexibility index (Phi) is 4.06. The molecule has 0 bridgehead atoms. The first-order chi connectivity index (χ1) is 6.16. The minimum atomic E-state index is 0.0785. The number of thioether (sulfide) groups is 1. The number of pyridine rings is 1. The van der Waals surface area contributed by atoms with E-state index in [4.69, 9.17) is 0 Å². The van der Waals surface area contributed by atoms with Gasteiger partial charge in [0.15, 0.2) is 0 Å². The van der Waals surface area contributed by atoms with Crippen molar-refractivity contribution in [2.45, 2.75) is 13.5 Å². The van der Waals surface area contributed by atoms with Crippen LogP contribution in [0.25, 0.3) is 0 Å². The zero-order valence-electron chi connectivity index (χ0n) is 7.71. The monoisotopic (exact) mass is 261 g/mol. The number of hydrogen-bond acceptors (Lipinski definition) is 2. The van der Waals surface area contributed by atoms with E-state index >= 15 is 0 Å². The Morgan fingerprint density at radius 2 is 2.23 bits per heavy atom. The molecule has 0 unspecified atom stereocenters. The smallest absolute Gasteiger partial charge is 0.250 e. The Morgan fingerprint density at radius 3 is 2.85 bits per heavy atom. The van der Waals surface area contributed by atoms with Crippen molar-refractivity contribution in [2.75, 3.05) is 12.0 Å². The zero-order valence-corrected chi connectivity index (χ0v) is 10.1. The molecule has 1 aromatic rings. The molecule has 0 atom stereocenters. The molecule has 0 radical (unpaired) electrons. The normalized spacial score (nSPS) is 10.4. The van der Waals surface area contributed by atoms with Crippen molar-refractivity contribution in [3.8, 4) is 0 Å². The lowest BCUT2D eigenvalue weighted by atomic mass is 10.3. The molecule has 0 aromatic carbocycles. The minimum absolute atomic E-state index is 0.0785. The molecule has 13 heavy (non-hydrogen) atoms. The molecular weight excluding hydrogens is 250 g/mol. The molecule has 0 saturated heterocycles. The molecule has 1 heterocycles. The second kappa shape index (κ2) is 4.86. The summed E-state index contributed by atoms with van der Waals surface area (Å²) in [7, 11) is 0. The number of nitrogens with zero attached hydrogens (tertiary/aromatic N) is 1. The number of aromatic nitrogens is 1. The highest BCUT2D eigenvalue weighted by molar-refractivity contribution is 9.10. The molecule has 0 spiro atoms. The van der Waals surface area contributed by atoms with Crippen molar-refractivity contribution >= 4 is 27.7 Å². The van der Waals surface area contributed by atoms with Crippen molar-refractivity contribution in [2.24, 2.45) is 0 Å². The van der Waals surface area contributed by atoms with Crippen LogP contribution in [0.15, 0.2) is 21.4 Å². The van der Waals surface area contributed by atoms with Gasteiger partial charge in [0.1, 0.15) is 0 Å². The molecule has 0 saturated carbocycles. The lowest BCUT2D eigenvalue weighted by molar-refractivity contribution is 0.704. The first-order valence-corrected chi connectivity index (χ1v) is 6.20. The van der Waals surface area contributed by atoms with Crippen LogP contribution in [0, 0.1) is 6.92 Å². The predicted molar refractivity (Wildman–Crippen MR) is 61.5 cm³/mol. The van der Waals surface area contributed by atoms with Gasteiger partial charge in [-0.15, -0.1) is 0 Å². The largest absolute Gasteiger partial charge is 0.311 e. The van der Waals surface area contributed by atoms with Crippen LogP contribution >= 0.6 is 27.7 Å². The molecule has 0 aliphatic rings. The van der Waals surface area contributed by atoms with E-state index in [0.717, 1.165) is 22.5 Å². The molecule has 0 fully saturated rings. The fourth-order valence-electron chi connectivity index (χ4n) is 1.11. The minimum Gasteiger partial charge on any atom is -0.311 e. The average molecular weight is 262 g/mol. The highest BCUT2D eigenvalue weighted by atomic mass is 79.9. The molecule has 0 amide bonds. The predicted octanol–water partition coefficient (Wildman–Crippen LogP) is 2.28. The van der Waals surface area contributed by atoms with Gasteiger partial charge >= 0.3 is 0 Å². The Bertz CT molecular complexity index is 348. The van der Waals surface area contributed by atoms with Crippen molar-refractivity contribution in [3.05, 3.63) is 32.7 Å². The molecule has 1 rings (SSSR count). The van der Waals surface area contributed by atoms with E-state index in [1.807, 2.05) is 13.2 Å². The van der Waals surface area contributed by atoms with Crippen LogP contribution < -0.4 is 5.56 Å². The third kappa shape index (κ3) is 2.61. The van der Waals surface area contributed by atoms with E-state index in [-0.39, 0.29) is 5.56 Å². The Labute approximate surface area is 90.5 Å². The molecule has 2 nitrogen and oxygen atoms in total. The average Bonchev–Trinajstić information content (AvgIpc) is 2.12. The van der Waals surface area contributed by atoms with Gasteiger partial charge in [-0.2, -0.15) is 11.8 Å². The van der Waals surface area contributed by atoms with Crippen molar-refractivity contribution in [1.29, 1.82) is 0 Å². The van der Waals surface area contributed by atoms with Gasteiger partial charge in [-0.1, -0.05) is 0 Å². The fourth-order valence-corrected chi connectivity index (χ4v) is 1.82. The quantitative estimate of drug-likeness (QED) is 0.833. The molecule has 72 valence electrons. The first kappa shape index (κ1) is 10.9. The molecule has 0 aliphatic heterocycles. The maximum atomic E-state index is 11.4. The highest BCUT2D eigenvalue weighted by Gasteiger charge is 2.02. The maximum Gasteiger partial charge on any atom is 0.250 e. The van der Waals surface area contributed by atoms with E-state index in [0.29, 0.717) is 0 Å². The maximum absolute atomic E-state index is 11.4. The lowest BCUT2D eigenvalue weighted by Crippen LogP contribution is -2.22. The van der Waals surface area contributed by atoms with Crippen LogP contribution in [0.4, 0.5) is 0 Å². The Balaban J connectivity index is 3.03.